The second-order valence-electron chi connectivity index (χ2n) is 3.29. The summed E-state index contributed by atoms with van der Waals surface area (Å²) in [4.78, 5) is 13.0. The number of ether oxygens (including phenoxy) is 1. The van der Waals surface area contributed by atoms with Crippen LogP contribution in [0.4, 0.5) is 10.5 Å². The molecule has 1 amide bonds. The van der Waals surface area contributed by atoms with Crippen molar-refractivity contribution in [3.05, 3.63) is 28.8 Å². The molecule has 0 unspecified atom stereocenters. The van der Waals surface area contributed by atoms with E-state index in [-0.39, 0.29) is 0 Å². The van der Waals surface area contributed by atoms with Gasteiger partial charge in [0.2, 0.25) is 0 Å². The molecule has 0 aliphatic heterocycles. The van der Waals surface area contributed by atoms with Gasteiger partial charge in [-0.15, -0.1) is 0 Å². The van der Waals surface area contributed by atoms with E-state index in [2.05, 4.69) is 0 Å². The molecule has 2 N–H and O–H groups in total. The van der Waals surface area contributed by atoms with Crippen molar-refractivity contribution in [2.45, 2.75) is 6.92 Å². The van der Waals surface area contributed by atoms with Crippen LogP contribution in [0, 0.1) is 6.92 Å². The summed E-state index contributed by atoms with van der Waals surface area (Å²) in [5, 5.41) is 0.614. The molecule has 0 aliphatic rings. The Hall–Kier alpha value is -1.26. The van der Waals surface area contributed by atoms with Gasteiger partial charge in [-0.3, -0.25) is 4.90 Å². The number of carbonyl (C=O) groups excluding carboxylic acids is 1. The van der Waals surface area contributed by atoms with Crippen LogP contribution >= 0.6 is 11.6 Å². The Morgan fingerprint density at radius 1 is 1.56 bits per heavy atom. The number of amides is 1. The van der Waals surface area contributed by atoms with E-state index in [1.165, 1.54) is 12.0 Å². The summed E-state index contributed by atoms with van der Waals surface area (Å²) in [6.07, 6.45) is -0.434. The molecule has 0 saturated carbocycles. The molecule has 16 heavy (non-hydrogen) atoms. The zero-order chi connectivity index (χ0) is 12.1. The summed E-state index contributed by atoms with van der Waals surface area (Å²) in [6, 6.07) is 5.38. The van der Waals surface area contributed by atoms with Crippen molar-refractivity contribution in [3.63, 3.8) is 0 Å². The maximum atomic E-state index is 11.6. The zero-order valence-electron chi connectivity index (χ0n) is 9.37. The second-order valence-corrected chi connectivity index (χ2v) is 3.70. The standard InChI is InChI=1S/C11H15ClN2O2/c1-8-9(12)4-3-5-10(8)14(7-6-13)11(15)16-2/h3-5H,6-7,13H2,1-2H3. The molecule has 0 atom stereocenters. The molecule has 0 spiro atoms. The highest BCUT2D eigenvalue weighted by Gasteiger charge is 2.17. The summed E-state index contributed by atoms with van der Waals surface area (Å²) < 4.78 is 4.70. The lowest BCUT2D eigenvalue weighted by Crippen LogP contribution is -2.35. The molecule has 0 radical (unpaired) electrons. The fourth-order valence-electron chi connectivity index (χ4n) is 1.44. The van der Waals surface area contributed by atoms with E-state index >= 15 is 0 Å². The van der Waals surface area contributed by atoms with Gasteiger partial charge in [-0.1, -0.05) is 17.7 Å². The molecule has 0 heterocycles. The SMILES string of the molecule is COC(=O)N(CCN)c1cccc(Cl)c1C. The number of hydrogen-bond donors (Lipinski definition) is 1. The molecule has 0 aromatic heterocycles. The number of anilines is 1. The molecule has 1 aromatic rings. The molecule has 0 saturated heterocycles. The van der Waals surface area contributed by atoms with E-state index in [1.54, 1.807) is 12.1 Å². The highest BCUT2D eigenvalue weighted by atomic mass is 35.5. The molecule has 88 valence electrons. The fraction of sp³-hybridized carbons (Fsp3) is 0.364. The maximum Gasteiger partial charge on any atom is 0.414 e. The predicted octanol–water partition coefficient (Wildman–Crippen LogP) is 2.18. The number of methoxy groups -OCH3 is 1. The van der Waals surface area contributed by atoms with Gasteiger partial charge in [0.1, 0.15) is 0 Å². The third-order valence-electron chi connectivity index (χ3n) is 2.28. The number of nitrogens with two attached hydrogens (primary N) is 1. The van der Waals surface area contributed by atoms with Crippen molar-refractivity contribution in [2.75, 3.05) is 25.1 Å². The van der Waals surface area contributed by atoms with E-state index in [4.69, 9.17) is 22.1 Å². The largest absolute Gasteiger partial charge is 0.452 e. The van der Waals surface area contributed by atoms with Gasteiger partial charge < -0.3 is 10.5 Å². The first-order valence-electron chi connectivity index (χ1n) is 4.92. The highest BCUT2D eigenvalue weighted by Crippen LogP contribution is 2.26. The predicted molar refractivity (Wildman–Crippen MR) is 65.0 cm³/mol. The van der Waals surface area contributed by atoms with Crippen LogP contribution < -0.4 is 10.6 Å². The first-order chi connectivity index (χ1) is 7.61. The van der Waals surface area contributed by atoms with Gasteiger partial charge >= 0.3 is 6.09 Å². The molecule has 0 fully saturated rings. The van der Waals surface area contributed by atoms with Crippen LogP contribution in [0.15, 0.2) is 18.2 Å². The molecule has 4 nitrogen and oxygen atoms in total. The smallest absolute Gasteiger partial charge is 0.414 e. The van der Waals surface area contributed by atoms with Crippen molar-refractivity contribution >= 4 is 23.4 Å². The zero-order valence-corrected chi connectivity index (χ0v) is 10.1. The van der Waals surface area contributed by atoms with E-state index in [0.717, 1.165) is 11.3 Å². The van der Waals surface area contributed by atoms with Crippen LogP contribution in [0.2, 0.25) is 5.02 Å². The Labute approximate surface area is 99.9 Å². The maximum absolute atomic E-state index is 11.6. The van der Waals surface area contributed by atoms with Crippen molar-refractivity contribution in [3.8, 4) is 0 Å². The molecule has 0 bridgehead atoms. The third kappa shape index (κ3) is 2.65. The van der Waals surface area contributed by atoms with Crippen molar-refractivity contribution < 1.29 is 9.53 Å². The van der Waals surface area contributed by atoms with Crippen LogP contribution in [-0.2, 0) is 4.74 Å². The lowest BCUT2D eigenvalue weighted by Gasteiger charge is -2.22. The van der Waals surface area contributed by atoms with Crippen LogP contribution in [0.25, 0.3) is 0 Å². The summed E-state index contributed by atoms with van der Waals surface area (Å²) >= 11 is 6.00. The van der Waals surface area contributed by atoms with Gasteiger partial charge in [-0.25, -0.2) is 4.79 Å². The second kappa shape index (κ2) is 5.72. The van der Waals surface area contributed by atoms with Crippen LogP contribution in [0.3, 0.4) is 0 Å². The Kier molecular flexibility index (Phi) is 4.58. The molecule has 1 rings (SSSR count). The third-order valence-corrected chi connectivity index (χ3v) is 2.69. The van der Waals surface area contributed by atoms with E-state index in [1.807, 2.05) is 13.0 Å². The van der Waals surface area contributed by atoms with Crippen molar-refractivity contribution in [1.29, 1.82) is 0 Å². The molecule has 0 aliphatic carbocycles. The Balaban J connectivity index is 3.10. The minimum atomic E-state index is -0.434. The van der Waals surface area contributed by atoms with Gasteiger partial charge in [0.25, 0.3) is 0 Å². The van der Waals surface area contributed by atoms with Crippen LogP contribution in [0.1, 0.15) is 5.56 Å². The monoisotopic (exact) mass is 242 g/mol. The Morgan fingerprint density at radius 2 is 2.25 bits per heavy atom. The Morgan fingerprint density at radius 3 is 2.81 bits per heavy atom. The summed E-state index contributed by atoms with van der Waals surface area (Å²) in [7, 11) is 1.34. The van der Waals surface area contributed by atoms with Gasteiger partial charge in [-0.05, 0) is 24.6 Å². The number of halogens is 1. The number of hydrogen-bond acceptors (Lipinski definition) is 3. The molecule has 5 heteroatoms. The Bertz CT molecular complexity index is 382. The first kappa shape index (κ1) is 12.8. The molecular weight excluding hydrogens is 228 g/mol. The van der Waals surface area contributed by atoms with E-state index in [9.17, 15) is 4.79 Å². The van der Waals surface area contributed by atoms with E-state index < -0.39 is 6.09 Å². The van der Waals surface area contributed by atoms with E-state index in [0.29, 0.717) is 18.1 Å². The average Bonchev–Trinajstić information content (AvgIpc) is 2.29. The number of nitrogens with zero attached hydrogens (tertiary/aromatic N) is 1. The average molecular weight is 243 g/mol. The quantitative estimate of drug-likeness (QED) is 0.884. The van der Waals surface area contributed by atoms with Gasteiger partial charge in [-0.2, -0.15) is 0 Å². The minimum Gasteiger partial charge on any atom is -0.452 e. The summed E-state index contributed by atoms with van der Waals surface area (Å²) in [5.41, 5.74) is 7.03. The number of carbonyl (C=O) groups is 1. The normalized spacial score (nSPS) is 10.0. The topological polar surface area (TPSA) is 55.6 Å². The molecular formula is C11H15ClN2O2. The summed E-state index contributed by atoms with van der Waals surface area (Å²) in [6.45, 7) is 2.61. The number of benzene rings is 1. The van der Waals surface area contributed by atoms with Crippen LogP contribution in [-0.4, -0.2) is 26.3 Å². The van der Waals surface area contributed by atoms with Crippen molar-refractivity contribution in [2.24, 2.45) is 5.73 Å². The van der Waals surface area contributed by atoms with Crippen molar-refractivity contribution in [1.82, 2.24) is 0 Å². The summed E-state index contributed by atoms with van der Waals surface area (Å²) in [5.74, 6) is 0. The lowest BCUT2D eigenvalue weighted by atomic mass is 10.2. The first-order valence-corrected chi connectivity index (χ1v) is 5.30. The lowest BCUT2D eigenvalue weighted by molar-refractivity contribution is 0.179. The number of rotatable bonds is 3. The highest BCUT2D eigenvalue weighted by molar-refractivity contribution is 6.31. The van der Waals surface area contributed by atoms with Gasteiger partial charge in [0, 0.05) is 18.1 Å². The fourth-order valence-corrected chi connectivity index (χ4v) is 1.61. The molecule has 1 aromatic carbocycles. The van der Waals surface area contributed by atoms with Crippen LogP contribution in [0.5, 0.6) is 0 Å². The van der Waals surface area contributed by atoms with Gasteiger partial charge in [0.15, 0.2) is 0 Å². The van der Waals surface area contributed by atoms with Gasteiger partial charge in [0.05, 0.1) is 12.8 Å². The minimum absolute atomic E-state index is 0.362.